The molecule has 152 valence electrons. The second kappa shape index (κ2) is 8.16. The standard InChI is InChI=1S/C19H19FN4O4S/c1-5-12(18(26)28-4)29-16-13-15(23(2)19(27)24(3)17(13)25)21-14(22-16)10-7-6-8-11(20)9-10/h6-9,12H,5H2,1-4H3/t12-/m0/s1. The lowest BCUT2D eigenvalue weighted by atomic mass is 10.2. The molecule has 1 atom stereocenters. The number of nitrogens with zero attached hydrogens (tertiary/aromatic N) is 4. The Bertz CT molecular complexity index is 1220. The van der Waals surface area contributed by atoms with Crippen molar-refractivity contribution in [1.29, 1.82) is 0 Å². The van der Waals surface area contributed by atoms with Crippen LogP contribution >= 0.6 is 11.8 Å². The number of fused-ring (bicyclic) bond motifs is 1. The topological polar surface area (TPSA) is 96.1 Å². The van der Waals surface area contributed by atoms with Gasteiger partial charge in [-0.15, -0.1) is 0 Å². The summed E-state index contributed by atoms with van der Waals surface area (Å²) in [6, 6.07) is 5.68. The summed E-state index contributed by atoms with van der Waals surface area (Å²) in [6.45, 7) is 1.80. The number of halogens is 1. The van der Waals surface area contributed by atoms with E-state index in [-0.39, 0.29) is 21.9 Å². The number of aryl methyl sites for hydroxylation is 1. The second-order valence-corrected chi connectivity index (χ2v) is 7.50. The summed E-state index contributed by atoms with van der Waals surface area (Å²) < 4.78 is 20.7. The summed E-state index contributed by atoms with van der Waals surface area (Å²) in [5, 5.41) is -0.273. The van der Waals surface area contributed by atoms with Gasteiger partial charge in [0.05, 0.1) is 7.11 Å². The van der Waals surface area contributed by atoms with Crippen LogP contribution < -0.4 is 11.2 Å². The minimum atomic E-state index is -0.611. The highest BCUT2D eigenvalue weighted by Crippen LogP contribution is 2.30. The quantitative estimate of drug-likeness (QED) is 0.355. The molecule has 0 aliphatic heterocycles. The van der Waals surface area contributed by atoms with Crippen LogP contribution in [-0.4, -0.2) is 37.4 Å². The van der Waals surface area contributed by atoms with Gasteiger partial charge in [-0.25, -0.2) is 19.2 Å². The van der Waals surface area contributed by atoms with Crippen LogP contribution in [0.3, 0.4) is 0 Å². The Morgan fingerprint density at radius 2 is 1.97 bits per heavy atom. The maximum absolute atomic E-state index is 13.7. The fourth-order valence-electron chi connectivity index (χ4n) is 2.84. The maximum atomic E-state index is 13.7. The van der Waals surface area contributed by atoms with Gasteiger partial charge in [-0.2, -0.15) is 0 Å². The van der Waals surface area contributed by atoms with Crippen LogP contribution in [-0.2, 0) is 23.6 Å². The molecule has 3 rings (SSSR count). The van der Waals surface area contributed by atoms with Gasteiger partial charge in [0.2, 0.25) is 0 Å². The monoisotopic (exact) mass is 418 g/mol. The Labute approximate surface area is 169 Å². The molecule has 0 radical (unpaired) electrons. The molecule has 3 aromatic rings. The van der Waals surface area contributed by atoms with Crippen molar-refractivity contribution < 1.29 is 13.9 Å². The summed E-state index contributed by atoms with van der Waals surface area (Å²) in [6.07, 6.45) is 0.435. The summed E-state index contributed by atoms with van der Waals surface area (Å²) >= 11 is 1.05. The largest absolute Gasteiger partial charge is 0.468 e. The van der Waals surface area contributed by atoms with Gasteiger partial charge < -0.3 is 4.74 Å². The molecule has 29 heavy (non-hydrogen) atoms. The fourth-order valence-corrected chi connectivity index (χ4v) is 3.90. The molecule has 0 aliphatic carbocycles. The Morgan fingerprint density at radius 3 is 2.59 bits per heavy atom. The predicted molar refractivity (Wildman–Crippen MR) is 107 cm³/mol. The molecular formula is C19H19FN4O4S. The van der Waals surface area contributed by atoms with Crippen molar-refractivity contribution in [3.63, 3.8) is 0 Å². The zero-order valence-corrected chi connectivity index (χ0v) is 17.1. The molecule has 2 heterocycles. The number of thioether (sulfide) groups is 1. The van der Waals surface area contributed by atoms with Crippen LogP contribution in [0.1, 0.15) is 13.3 Å². The van der Waals surface area contributed by atoms with Gasteiger partial charge in [0.1, 0.15) is 21.5 Å². The van der Waals surface area contributed by atoms with Crippen molar-refractivity contribution >= 4 is 28.8 Å². The highest BCUT2D eigenvalue weighted by Gasteiger charge is 2.24. The third-order valence-corrected chi connectivity index (χ3v) is 5.77. The van der Waals surface area contributed by atoms with Crippen molar-refractivity contribution in [2.75, 3.05) is 7.11 Å². The smallest absolute Gasteiger partial charge is 0.332 e. The number of hydrogen-bond acceptors (Lipinski definition) is 7. The van der Waals surface area contributed by atoms with E-state index in [1.165, 1.54) is 44.0 Å². The number of rotatable bonds is 5. The van der Waals surface area contributed by atoms with Gasteiger partial charge in [0.15, 0.2) is 11.5 Å². The van der Waals surface area contributed by atoms with Crippen molar-refractivity contribution in [3.8, 4) is 11.4 Å². The number of esters is 1. The fraction of sp³-hybridized carbons (Fsp3) is 0.316. The Kier molecular flexibility index (Phi) is 5.83. The first kappa shape index (κ1) is 20.7. The highest BCUT2D eigenvalue weighted by atomic mass is 32.2. The van der Waals surface area contributed by atoms with Crippen molar-refractivity contribution in [2.24, 2.45) is 14.1 Å². The van der Waals surface area contributed by atoms with E-state index in [2.05, 4.69) is 9.97 Å². The van der Waals surface area contributed by atoms with E-state index in [0.29, 0.717) is 12.0 Å². The van der Waals surface area contributed by atoms with Crippen LogP contribution in [0.15, 0.2) is 38.9 Å². The van der Waals surface area contributed by atoms with Gasteiger partial charge in [0.25, 0.3) is 5.56 Å². The van der Waals surface area contributed by atoms with E-state index in [1.54, 1.807) is 13.0 Å². The van der Waals surface area contributed by atoms with Gasteiger partial charge >= 0.3 is 11.7 Å². The number of carbonyl (C=O) groups excluding carboxylic acids is 1. The third kappa shape index (κ3) is 3.80. The lowest BCUT2D eigenvalue weighted by Crippen LogP contribution is -2.37. The molecular weight excluding hydrogens is 399 g/mol. The minimum absolute atomic E-state index is 0.106. The zero-order valence-electron chi connectivity index (χ0n) is 16.3. The number of hydrogen-bond donors (Lipinski definition) is 0. The molecule has 0 spiro atoms. The molecule has 0 N–H and O–H groups in total. The molecule has 0 unspecified atom stereocenters. The van der Waals surface area contributed by atoms with Crippen LogP contribution in [0, 0.1) is 5.82 Å². The number of methoxy groups -OCH3 is 1. The lowest BCUT2D eigenvalue weighted by molar-refractivity contribution is -0.140. The first-order chi connectivity index (χ1) is 13.8. The van der Waals surface area contributed by atoms with E-state index in [1.807, 2.05) is 0 Å². The van der Waals surface area contributed by atoms with Crippen molar-refractivity contribution in [2.45, 2.75) is 23.6 Å². The average molecular weight is 418 g/mol. The van der Waals surface area contributed by atoms with Crippen LogP contribution in [0.5, 0.6) is 0 Å². The SMILES string of the molecule is CC[C@H](Sc1nc(-c2cccc(F)c2)nc2c1c(=O)n(C)c(=O)n2C)C(=O)OC. The van der Waals surface area contributed by atoms with E-state index >= 15 is 0 Å². The number of carbonyl (C=O) groups is 1. The van der Waals surface area contributed by atoms with Crippen LogP contribution in [0.4, 0.5) is 4.39 Å². The molecule has 10 heteroatoms. The number of benzene rings is 1. The summed E-state index contributed by atoms with van der Waals surface area (Å²) in [4.78, 5) is 46.1. The molecule has 0 fully saturated rings. The van der Waals surface area contributed by atoms with Gasteiger partial charge in [0, 0.05) is 19.7 Å². The minimum Gasteiger partial charge on any atom is -0.468 e. The first-order valence-corrected chi connectivity index (χ1v) is 9.64. The molecule has 1 aromatic carbocycles. The van der Waals surface area contributed by atoms with Crippen LogP contribution in [0.2, 0.25) is 0 Å². The molecule has 0 saturated carbocycles. The molecule has 0 saturated heterocycles. The predicted octanol–water partition coefficient (Wildman–Crippen LogP) is 1.88. The molecule has 2 aromatic heterocycles. The van der Waals surface area contributed by atoms with E-state index in [9.17, 15) is 18.8 Å². The van der Waals surface area contributed by atoms with E-state index in [0.717, 1.165) is 16.3 Å². The zero-order chi connectivity index (χ0) is 21.3. The molecule has 0 aliphatic rings. The van der Waals surface area contributed by atoms with Gasteiger partial charge in [-0.05, 0) is 18.6 Å². The Balaban J connectivity index is 2.36. The van der Waals surface area contributed by atoms with Crippen molar-refractivity contribution in [1.82, 2.24) is 19.1 Å². The number of aromatic nitrogens is 4. The van der Waals surface area contributed by atoms with Gasteiger partial charge in [-0.1, -0.05) is 30.8 Å². The maximum Gasteiger partial charge on any atom is 0.332 e. The average Bonchev–Trinajstić information content (AvgIpc) is 2.73. The van der Waals surface area contributed by atoms with Crippen molar-refractivity contribution in [3.05, 3.63) is 50.9 Å². The Hall–Kier alpha value is -3.01. The highest BCUT2D eigenvalue weighted by molar-refractivity contribution is 8.00. The second-order valence-electron chi connectivity index (χ2n) is 6.30. The summed E-state index contributed by atoms with van der Waals surface area (Å²) in [7, 11) is 4.12. The normalized spacial score (nSPS) is 12.2. The molecule has 8 nitrogen and oxygen atoms in total. The lowest BCUT2D eigenvalue weighted by Gasteiger charge is -2.15. The van der Waals surface area contributed by atoms with E-state index in [4.69, 9.17) is 4.74 Å². The van der Waals surface area contributed by atoms with Gasteiger partial charge in [-0.3, -0.25) is 18.7 Å². The number of ether oxygens (including phenoxy) is 1. The summed E-state index contributed by atoms with van der Waals surface area (Å²) in [5.74, 6) is -0.792. The first-order valence-electron chi connectivity index (χ1n) is 8.76. The molecule has 0 bridgehead atoms. The summed E-state index contributed by atoms with van der Waals surface area (Å²) in [5.41, 5.74) is -0.638. The third-order valence-electron chi connectivity index (χ3n) is 4.44. The van der Waals surface area contributed by atoms with E-state index < -0.39 is 28.3 Å². The molecule has 0 amide bonds. The van der Waals surface area contributed by atoms with Crippen LogP contribution in [0.25, 0.3) is 22.4 Å². The Morgan fingerprint density at radius 1 is 1.24 bits per heavy atom.